The van der Waals surface area contributed by atoms with Crippen molar-refractivity contribution in [1.29, 1.82) is 0 Å². The summed E-state index contributed by atoms with van der Waals surface area (Å²) in [5.41, 5.74) is 1.01. The lowest BCUT2D eigenvalue weighted by Gasteiger charge is -2.40. The molecule has 0 N–H and O–H groups in total. The fourth-order valence-corrected chi connectivity index (χ4v) is 3.10. The highest BCUT2D eigenvalue weighted by Crippen LogP contribution is 2.39. The molecule has 2 aliphatic rings. The van der Waals surface area contributed by atoms with Crippen LogP contribution in [0.3, 0.4) is 0 Å². The molecule has 0 unspecified atom stereocenters. The van der Waals surface area contributed by atoms with Crippen molar-refractivity contribution in [2.45, 2.75) is 56.9 Å². The second-order valence-electron chi connectivity index (χ2n) is 6.26. The molecular weight excluding hydrogens is 303 g/mol. The zero-order chi connectivity index (χ0) is 16.4. The Balaban J connectivity index is 1.76. The summed E-state index contributed by atoms with van der Waals surface area (Å²) in [7, 11) is 1.51. The van der Waals surface area contributed by atoms with E-state index in [0.717, 1.165) is 5.56 Å². The Labute approximate surface area is 135 Å². The van der Waals surface area contributed by atoms with Crippen LogP contribution in [0.15, 0.2) is 30.3 Å². The van der Waals surface area contributed by atoms with Gasteiger partial charge in [0.2, 0.25) is 0 Å². The number of hydrogen-bond acceptors (Lipinski definition) is 5. The first kappa shape index (κ1) is 16.8. The van der Waals surface area contributed by atoms with Gasteiger partial charge < -0.3 is 23.7 Å². The SMILES string of the molecule is CO[C@H]1O[C@H](CF)[C@@H](OCc2ccccc2)[C@@H]2OC(C)(C)O[C@H]12. The van der Waals surface area contributed by atoms with Gasteiger partial charge in [-0.25, -0.2) is 4.39 Å². The monoisotopic (exact) mass is 326 g/mol. The van der Waals surface area contributed by atoms with Crippen LogP contribution in [-0.4, -0.2) is 50.3 Å². The molecule has 1 aromatic carbocycles. The van der Waals surface area contributed by atoms with Crippen molar-refractivity contribution in [1.82, 2.24) is 0 Å². The summed E-state index contributed by atoms with van der Waals surface area (Å²) in [6, 6.07) is 9.72. The van der Waals surface area contributed by atoms with Gasteiger partial charge in [-0.15, -0.1) is 0 Å². The van der Waals surface area contributed by atoms with Crippen LogP contribution in [0.4, 0.5) is 4.39 Å². The first-order chi connectivity index (χ1) is 11.0. The summed E-state index contributed by atoms with van der Waals surface area (Å²) >= 11 is 0. The maximum atomic E-state index is 13.5. The minimum atomic E-state index is -0.783. The summed E-state index contributed by atoms with van der Waals surface area (Å²) in [4.78, 5) is 0. The maximum Gasteiger partial charge on any atom is 0.186 e. The molecule has 128 valence electrons. The highest BCUT2D eigenvalue weighted by Gasteiger charge is 2.56. The number of ether oxygens (including phenoxy) is 5. The lowest BCUT2D eigenvalue weighted by Crippen LogP contribution is -2.58. The first-order valence-electron chi connectivity index (χ1n) is 7.79. The molecule has 2 aliphatic heterocycles. The normalized spacial score (nSPS) is 35.9. The molecule has 2 saturated heterocycles. The van der Waals surface area contributed by atoms with Crippen molar-refractivity contribution in [3.63, 3.8) is 0 Å². The second kappa shape index (κ2) is 6.83. The Morgan fingerprint density at radius 2 is 1.83 bits per heavy atom. The van der Waals surface area contributed by atoms with Gasteiger partial charge in [-0.3, -0.25) is 0 Å². The van der Waals surface area contributed by atoms with E-state index in [4.69, 9.17) is 23.7 Å². The molecule has 5 atom stereocenters. The second-order valence-corrected chi connectivity index (χ2v) is 6.26. The molecule has 5 nitrogen and oxygen atoms in total. The van der Waals surface area contributed by atoms with Gasteiger partial charge in [0.05, 0.1) is 6.61 Å². The van der Waals surface area contributed by atoms with E-state index in [9.17, 15) is 4.39 Å². The average Bonchev–Trinajstić information content (AvgIpc) is 2.88. The Kier molecular flexibility index (Phi) is 4.98. The van der Waals surface area contributed by atoms with Gasteiger partial charge in [0.25, 0.3) is 0 Å². The molecule has 1 aromatic rings. The van der Waals surface area contributed by atoms with E-state index in [2.05, 4.69) is 0 Å². The fraction of sp³-hybridized carbons (Fsp3) is 0.647. The summed E-state index contributed by atoms with van der Waals surface area (Å²) in [5.74, 6) is -0.783. The van der Waals surface area contributed by atoms with E-state index >= 15 is 0 Å². The molecule has 2 heterocycles. The van der Waals surface area contributed by atoms with Gasteiger partial charge >= 0.3 is 0 Å². The van der Waals surface area contributed by atoms with Crippen LogP contribution >= 0.6 is 0 Å². The van der Waals surface area contributed by atoms with Crippen LogP contribution in [-0.2, 0) is 30.3 Å². The number of fused-ring (bicyclic) bond motifs is 1. The lowest BCUT2D eigenvalue weighted by molar-refractivity contribution is -0.277. The molecule has 0 aliphatic carbocycles. The van der Waals surface area contributed by atoms with Crippen LogP contribution in [0, 0.1) is 0 Å². The number of hydrogen-bond donors (Lipinski definition) is 0. The van der Waals surface area contributed by atoms with Crippen molar-refractivity contribution >= 4 is 0 Å². The van der Waals surface area contributed by atoms with E-state index in [-0.39, 0.29) is 0 Å². The van der Waals surface area contributed by atoms with Gasteiger partial charge in [0, 0.05) is 7.11 Å². The summed E-state index contributed by atoms with van der Waals surface area (Å²) in [6.07, 6.45) is -2.85. The number of rotatable bonds is 5. The average molecular weight is 326 g/mol. The van der Waals surface area contributed by atoms with Crippen LogP contribution in [0.1, 0.15) is 19.4 Å². The third kappa shape index (κ3) is 3.56. The predicted octanol–water partition coefficient (Wildman–Crippen LogP) is 2.43. The maximum absolute atomic E-state index is 13.5. The minimum absolute atomic E-state index is 0.357. The van der Waals surface area contributed by atoms with Crippen molar-refractivity contribution in [2.24, 2.45) is 0 Å². The standard InChI is InChI=1S/C17H23FO5/c1-17(2)22-14-13(20-10-11-7-5-4-6-8-11)12(9-18)21-16(19-3)15(14)23-17/h4-8,12-16H,9-10H2,1-3H3/t12-,13-,14+,15+,16+/m1/s1. The van der Waals surface area contributed by atoms with Gasteiger partial charge in [-0.2, -0.15) is 0 Å². The topological polar surface area (TPSA) is 46.2 Å². The molecule has 0 bridgehead atoms. The largest absolute Gasteiger partial charge is 0.368 e. The molecule has 0 radical (unpaired) electrons. The molecule has 6 heteroatoms. The van der Waals surface area contributed by atoms with Crippen LogP contribution < -0.4 is 0 Å². The number of halogens is 1. The molecule has 0 aromatic heterocycles. The van der Waals surface area contributed by atoms with Crippen molar-refractivity contribution < 1.29 is 28.1 Å². The Hall–Kier alpha value is -1.05. The Bertz CT molecular complexity index is 509. The van der Waals surface area contributed by atoms with Crippen molar-refractivity contribution in [3.05, 3.63) is 35.9 Å². The highest BCUT2D eigenvalue weighted by molar-refractivity contribution is 5.13. The highest BCUT2D eigenvalue weighted by atomic mass is 19.1. The summed E-state index contributed by atoms with van der Waals surface area (Å²) in [6.45, 7) is 3.32. The van der Waals surface area contributed by atoms with E-state index in [1.54, 1.807) is 0 Å². The number of alkyl halides is 1. The quantitative estimate of drug-likeness (QED) is 0.832. The van der Waals surface area contributed by atoms with Gasteiger partial charge in [-0.1, -0.05) is 30.3 Å². The minimum Gasteiger partial charge on any atom is -0.368 e. The van der Waals surface area contributed by atoms with Gasteiger partial charge in [0.15, 0.2) is 12.1 Å². The third-order valence-electron chi connectivity index (χ3n) is 4.10. The molecule has 0 saturated carbocycles. The van der Waals surface area contributed by atoms with E-state index in [1.807, 2.05) is 44.2 Å². The third-order valence-corrected chi connectivity index (χ3v) is 4.10. The Morgan fingerprint density at radius 1 is 1.13 bits per heavy atom. The van der Waals surface area contributed by atoms with E-state index < -0.39 is 43.2 Å². The smallest absolute Gasteiger partial charge is 0.186 e. The van der Waals surface area contributed by atoms with Gasteiger partial charge in [-0.05, 0) is 19.4 Å². The van der Waals surface area contributed by atoms with Crippen molar-refractivity contribution in [3.8, 4) is 0 Å². The van der Waals surface area contributed by atoms with Crippen LogP contribution in [0.25, 0.3) is 0 Å². The summed E-state index contributed by atoms with van der Waals surface area (Å²) < 4.78 is 42.2. The molecule has 23 heavy (non-hydrogen) atoms. The molecule has 0 amide bonds. The predicted molar refractivity (Wildman–Crippen MR) is 80.5 cm³/mol. The first-order valence-corrected chi connectivity index (χ1v) is 7.79. The van der Waals surface area contributed by atoms with E-state index in [0.29, 0.717) is 6.61 Å². The molecule has 2 fully saturated rings. The summed E-state index contributed by atoms with van der Waals surface area (Å²) in [5, 5.41) is 0. The zero-order valence-electron chi connectivity index (χ0n) is 13.6. The number of methoxy groups -OCH3 is 1. The van der Waals surface area contributed by atoms with E-state index in [1.165, 1.54) is 7.11 Å². The lowest BCUT2D eigenvalue weighted by atomic mass is 9.99. The van der Waals surface area contributed by atoms with Crippen LogP contribution in [0.5, 0.6) is 0 Å². The van der Waals surface area contributed by atoms with Gasteiger partial charge in [0.1, 0.15) is 31.1 Å². The van der Waals surface area contributed by atoms with Crippen LogP contribution in [0.2, 0.25) is 0 Å². The van der Waals surface area contributed by atoms with Crippen molar-refractivity contribution in [2.75, 3.05) is 13.8 Å². The molecular formula is C17H23FO5. The molecule has 3 rings (SSSR count). The molecule has 0 spiro atoms. The zero-order valence-corrected chi connectivity index (χ0v) is 13.6. The number of benzene rings is 1. The Morgan fingerprint density at radius 3 is 2.48 bits per heavy atom. The fourth-order valence-electron chi connectivity index (χ4n) is 3.10.